The van der Waals surface area contributed by atoms with Gasteiger partial charge in [0.15, 0.2) is 0 Å². The summed E-state index contributed by atoms with van der Waals surface area (Å²) in [6.45, 7) is 4.74. The van der Waals surface area contributed by atoms with Gasteiger partial charge in [0, 0.05) is 6.54 Å². The van der Waals surface area contributed by atoms with Crippen LogP contribution >= 0.6 is 0 Å². The van der Waals surface area contributed by atoms with Gasteiger partial charge in [-0.25, -0.2) is 4.39 Å². The van der Waals surface area contributed by atoms with Crippen molar-refractivity contribution in [2.45, 2.75) is 51.2 Å². The van der Waals surface area contributed by atoms with Gasteiger partial charge in [-0.05, 0) is 112 Å². The average Bonchev–Trinajstić information content (AvgIpc) is 2.87. The summed E-state index contributed by atoms with van der Waals surface area (Å²) >= 11 is 0. The Morgan fingerprint density at radius 1 is 0.943 bits per heavy atom. The van der Waals surface area contributed by atoms with E-state index in [1.165, 1.54) is 23.3 Å². The summed E-state index contributed by atoms with van der Waals surface area (Å²) in [5.74, 6) is 2.44. The van der Waals surface area contributed by atoms with Gasteiger partial charge in [-0.3, -0.25) is 0 Å². The van der Waals surface area contributed by atoms with Crippen LogP contribution in [0.5, 0.6) is 17.2 Å². The first-order valence-corrected chi connectivity index (χ1v) is 12.4. The Kier molecular flexibility index (Phi) is 8.29. The van der Waals surface area contributed by atoms with Crippen molar-refractivity contribution in [3.63, 3.8) is 0 Å². The first-order chi connectivity index (χ1) is 16.9. The van der Waals surface area contributed by atoms with Gasteiger partial charge in [-0.15, -0.1) is 0 Å². The van der Waals surface area contributed by atoms with Crippen molar-refractivity contribution < 1.29 is 18.6 Å². The van der Waals surface area contributed by atoms with Crippen LogP contribution in [0.15, 0.2) is 66.7 Å². The van der Waals surface area contributed by atoms with Crippen molar-refractivity contribution >= 4 is 0 Å². The molecule has 0 saturated carbocycles. The predicted molar refractivity (Wildman–Crippen MR) is 138 cm³/mol. The van der Waals surface area contributed by atoms with Gasteiger partial charge in [-0.2, -0.15) is 0 Å². The SMILES string of the molecule is COc1ccc(CCN(C)CCCC2(C)CCc3cc(OCc4ccc(F)cc4)ccc3O2)cc1. The van der Waals surface area contributed by atoms with Gasteiger partial charge in [0.2, 0.25) is 0 Å². The minimum atomic E-state index is -0.233. The molecule has 3 aromatic carbocycles. The molecule has 0 spiro atoms. The summed E-state index contributed by atoms with van der Waals surface area (Å²) in [4.78, 5) is 2.40. The number of benzene rings is 3. The number of halogens is 1. The summed E-state index contributed by atoms with van der Waals surface area (Å²) in [6.07, 6.45) is 5.14. The maximum absolute atomic E-state index is 13.1. The number of fused-ring (bicyclic) bond motifs is 1. The third-order valence-corrected chi connectivity index (χ3v) is 6.82. The molecule has 0 aromatic heterocycles. The molecule has 4 rings (SSSR count). The minimum absolute atomic E-state index is 0.139. The van der Waals surface area contributed by atoms with Gasteiger partial charge >= 0.3 is 0 Å². The molecule has 1 aliphatic rings. The van der Waals surface area contributed by atoms with E-state index in [2.05, 4.69) is 37.1 Å². The van der Waals surface area contributed by atoms with Crippen LogP contribution in [0.4, 0.5) is 4.39 Å². The van der Waals surface area contributed by atoms with Gasteiger partial charge in [0.05, 0.1) is 7.11 Å². The second-order valence-electron chi connectivity index (χ2n) is 9.74. The fourth-order valence-electron chi connectivity index (χ4n) is 4.53. The third-order valence-electron chi connectivity index (χ3n) is 6.82. The van der Waals surface area contributed by atoms with E-state index in [0.717, 1.165) is 68.0 Å². The van der Waals surface area contributed by atoms with Crippen LogP contribution < -0.4 is 14.2 Å². The standard InChI is InChI=1S/C30H36FNO3/c1-30(17-4-19-32(2)20-16-23-7-11-27(33-3)12-8-23)18-15-25-21-28(13-14-29(25)35-30)34-22-24-5-9-26(31)10-6-24/h5-14,21H,4,15-20,22H2,1-3H3. The maximum Gasteiger partial charge on any atom is 0.123 e. The van der Waals surface area contributed by atoms with E-state index in [1.807, 2.05) is 24.3 Å². The molecule has 5 heteroatoms. The number of aryl methyl sites for hydroxylation is 1. The molecule has 186 valence electrons. The maximum atomic E-state index is 13.1. The molecule has 4 nitrogen and oxygen atoms in total. The van der Waals surface area contributed by atoms with E-state index in [9.17, 15) is 4.39 Å². The van der Waals surface area contributed by atoms with Gasteiger partial charge in [0.25, 0.3) is 0 Å². The lowest BCUT2D eigenvalue weighted by molar-refractivity contribution is 0.0516. The lowest BCUT2D eigenvalue weighted by Crippen LogP contribution is -2.37. The molecule has 0 aliphatic carbocycles. The summed E-state index contributed by atoms with van der Waals surface area (Å²) in [7, 11) is 3.89. The van der Waals surface area contributed by atoms with Crippen molar-refractivity contribution in [2.24, 2.45) is 0 Å². The van der Waals surface area contributed by atoms with Crippen molar-refractivity contribution in [3.8, 4) is 17.2 Å². The second-order valence-corrected chi connectivity index (χ2v) is 9.74. The molecule has 0 N–H and O–H groups in total. The smallest absolute Gasteiger partial charge is 0.123 e. The molecule has 0 saturated heterocycles. The highest BCUT2D eigenvalue weighted by molar-refractivity contribution is 5.42. The van der Waals surface area contributed by atoms with Crippen molar-refractivity contribution in [1.82, 2.24) is 4.90 Å². The lowest BCUT2D eigenvalue weighted by Gasteiger charge is -2.36. The molecule has 0 fully saturated rings. The normalized spacial score (nSPS) is 17.1. The summed E-state index contributed by atoms with van der Waals surface area (Å²) in [5.41, 5.74) is 3.33. The molecule has 1 atom stereocenters. The largest absolute Gasteiger partial charge is 0.497 e. The highest BCUT2D eigenvalue weighted by atomic mass is 19.1. The van der Waals surface area contributed by atoms with Crippen LogP contribution in [0, 0.1) is 5.82 Å². The highest BCUT2D eigenvalue weighted by Crippen LogP contribution is 2.37. The molecule has 0 amide bonds. The number of hydrogen-bond donors (Lipinski definition) is 0. The van der Waals surface area contributed by atoms with Gasteiger partial charge in [-0.1, -0.05) is 24.3 Å². The number of nitrogens with zero attached hydrogens (tertiary/aromatic N) is 1. The molecule has 0 bridgehead atoms. The molecule has 1 heterocycles. The van der Waals surface area contributed by atoms with E-state index in [-0.39, 0.29) is 11.4 Å². The number of rotatable bonds is 11. The Morgan fingerprint density at radius 2 is 1.66 bits per heavy atom. The van der Waals surface area contributed by atoms with Crippen LogP contribution in [0.25, 0.3) is 0 Å². The second kappa shape index (κ2) is 11.6. The van der Waals surface area contributed by atoms with Crippen LogP contribution in [0.3, 0.4) is 0 Å². The van der Waals surface area contributed by atoms with E-state index in [1.54, 1.807) is 19.2 Å². The zero-order valence-corrected chi connectivity index (χ0v) is 21.1. The van der Waals surface area contributed by atoms with Crippen LogP contribution in [0.2, 0.25) is 0 Å². The number of methoxy groups -OCH3 is 1. The van der Waals surface area contributed by atoms with Crippen molar-refractivity contribution in [3.05, 3.63) is 89.2 Å². The Hall–Kier alpha value is -3.05. The molecular formula is C30H36FNO3. The van der Waals surface area contributed by atoms with E-state index in [4.69, 9.17) is 14.2 Å². The van der Waals surface area contributed by atoms with E-state index in [0.29, 0.717) is 6.61 Å². The van der Waals surface area contributed by atoms with E-state index >= 15 is 0 Å². The summed E-state index contributed by atoms with van der Waals surface area (Å²) in [6, 6.07) is 20.8. The number of likely N-dealkylation sites (N-methyl/N-ethyl adjacent to an activating group) is 1. The fraction of sp³-hybridized carbons (Fsp3) is 0.400. The third kappa shape index (κ3) is 7.22. The Balaban J connectivity index is 1.21. The Labute approximate surface area is 208 Å². The number of ether oxygens (including phenoxy) is 3. The predicted octanol–water partition coefficient (Wildman–Crippen LogP) is 6.45. The van der Waals surface area contributed by atoms with Crippen LogP contribution in [-0.4, -0.2) is 37.7 Å². The summed E-state index contributed by atoms with van der Waals surface area (Å²) < 4.78 is 30.7. The topological polar surface area (TPSA) is 30.9 Å². The lowest BCUT2D eigenvalue weighted by atomic mass is 9.88. The average molecular weight is 478 g/mol. The van der Waals surface area contributed by atoms with Crippen LogP contribution in [0.1, 0.15) is 42.9 Å². The van der Waals surface area contributed by atoms with Crippen molar-refractivity contribution in [1.29, 1.82) is 0 Å². The number of hydrogen-bond acceptors (Lipinski definition) is 4. The minimum Gasteiger partial charge on any atom is -0.497 e. The molecule has 1 unspecified atom stereocenters. The zero-order chi connectivity index (χ0) is 24.7. The first-order valence-electron chi connectivity index (χ1n) is 12.4. The zero-order valence-electron chi connectivity index (χ0n) is 21.1. The molecule has 35 heavy (non-hydrogen) atoms. The fourth-order valence-corrected chi connectivity index (χ4v) is 4.53. The van der Waals surface area contributed by atoms with Gasteiger partial charge in [0.1, 0.15) is 35.3 Å². The molecule has 1 aliphatic heterocycles. The van der Waals surface area contributed by atoms with Gasteiger partial charge < -0.3 is 19.1 Å². The monoisotopic (exact) mass is 477 g/mol. The summed E-state index contributed by atoms with van der Waals surface area (Å²) in [5, 5.41) is 0. The van der Waals surface area contributed by atoms with E-state index < -0.39 is 0 Å². The quantitative estimate of drug-likeness (QED) is 0.317. The molecule has 3 aromatic rings. The molecule has 0 radical (unpaired) electrons. The highest BCUT2D eigenvalue weighted by Gasteiger charge is 2.31. The van der Waals surface area contributed by atoms with Crippen molar-refractivity contribution in [2.75, 3.05) is 27.2 Å². The Bertz CT molecular complexity index is 1080. The Morgan fingerprint density at radius 3 is 2.40 bits per heavy atom. The first kappa shape index (κ1) is 25.1. The van der Waals surface area contributed by atoms with Crippen LogP contribution in [-0.2, 0) is 19.4 Å². The molecular weight excluding hydrogens is 441 g/mol.